The van der Waals surface area contributed by atoms with Gasteiger partial charge in [-0.3, -0.25) is 14.4 Å². The minimum absolute atomic E-state index is 0.0436. The molecule has 1 aromatic carbocycles. The van der Waals surface area contributed by atoms with Crippen molar-refractivity contribution in [3.8, 4) is 0 Å². The molecule has 0 radical (unpaired) electrons. The van der Waals surface area contributed by atoms with E-state index in [2.05, 4.69) is 5.16 Å². The maximum atomic E-state index is 13.0. The van der Waals surface area contributed by atoms with Crippen LogP contribution in [0.3, 0.4) is 0 Å². The molecule has 1 saturated carbocycles. The number of carbonyl (C=O) groups excluding carboxylic acids is 3. The number of rotatable bonds is 5. The van der Waals surface area contributed by atoms with Crippen LogP contribution in [-0.2, 0) is 26.3 Å². The number of ketones is 3. The molecule has 1 fully saturated rings. The summed E-state index contributed by atoms with van der Waals surface area (Å²) in [6.45, 7) is 9.63. The van der Waals surface area contributed by atoms with E-state index in [1.807, 2.05) is 33.8 Å². The molecule has 0 heterocycles. The molecule has 5 heteroatoms. The highest BCUT2D eigenvalue weighted by Crippen LogP contribution is 2.53. The van der Waals surface area contributed by atoms with Crippen LogP contribution >= 0.6 is 0 Å². The first-order chi connectivity index (χ1) is 12.8. The molecule has 0 unspecified atom stereocenters. The number of hydrogen-bond donors (Lipinski definition) is 0. The largest absolute Gasteiger partial charge is 0.396 e. The molecule has 1 aromatic rings. The predicted molar refractivity (Wildman–Crippen MR) is 103 cm³/mol. The van der Waals surface area contributed by atoms with Crippen molar-refractivity contribution in [2.24, 2.45) is 11.1 Å². The van der Waals surface area contributed by atoms with Gasteiger partial charge >= 0.3 is 0 Å². The van der Waals surface area contributed by atoms with Crippen molar-refractivity contribution in [2.75, 3.05) is 6.61 Å². The van der Waals surface area contributed by atoms with Crippen molar-refractivity contribution in [3.05, 3.63) is 33.9 Å². The van der Waals surface area contributed by atoms with E-state index in [9.17, 15) is 14.4 Å². The molecule has 0 aromatic heterocycles. The molecule has 5 nitrogen and oxygen atoms in total. The zero-order valence-corrected chi connectivity index (χ0v) is 16.8. The standard InChI is InChI=1S/C22H27NO4/c1-6-16(23-27-7-2)20-17(25)10-22(11-18(20)26)9-15-19(14(5)24)12(3)8-13(4)21(15)22/h8,20H,6-7,9-11H2,1-5H3/b23-16-. The monoisotopic (exact) mass is 369 g/mol. The molecule has 0 atom stereocenters. The average molecular weight is 369 g/mol. The summed E-state index contributed by atoms with van der Waals surface area (Å²) in [7, 11) is 0. The molecular formula is C22H27NO4. The number of aryl methyl sites for hydroxylation is 2. The molecule has 2 aliphatic rings. The topological polar surface area (TPSA) is 72.8 Å². The van der Waals surface area contributed by atoms with E-state index >= 15 is 0 Å². The fourth-order valence-corrected chi connectivity index (χ4v) is 5.05. The van der Waals surface area contributed by atoms with E-state index in [0.29, 0.717) is 38.0 Å². The van der Waals surface area contributed by atoms with Crippen molar-refractivity contribution >= 4 is 23.1 Å². The van der Waals surface area contributed by atoms with Crippen LogP contribution in [0.1, 0.15) is 72.6 Å². The summed E-state index contributed by atoms with van der Waals surface area (Å²) in [4.78, 5) is 43.1. The predicted octanol–water partition coefficient (Wildman–Crippen LogP) is 3.65. The molecule has 0 amide bonds. The third kappa shape index (κ3) is 3.03. The second kappa shape index (κ2) is 7.02. The Hall–Kier alpha value is -2.30. The number of hydrogen-bond acceptors (Lipinski definition) is 5. The van der Waals surface area contributed by atoms with Gasteiger partial charge < -0.3 is 4.84 Å². The second-order valence-corrected chi connectivity index (χ2v) is 7.83. The van der Waals surface area contributed by atoms with Crippen LogP contribution in [-0.4, -0.2) is 29.7 Å². The second-order valence-electron chi connectivity index (χ2n) is 7.83. The van der Waals surface area contributed by atoms with Crippen LogP contribution in [0.5, 0.6) is 0 Å². The Morgan fingerprint density at radius 2 is 1.78 bits per heavy atom. The van der Waals surface area contributed by atoms with Crippen LogP contribution in [0.2, 0.25) is 0 Å². The summed E-state index contributed by atoms with van der Waals surface area (Å²) in [5, 5.41) is 4.02. The summed E-state index contributed by atoms with van der Waals surface area (Å²) < 4.78 is 0. The van der Waals surface area contributed by atoms with Crippen LogP contribution in [0.25, 0.3) is 0 Å². The number of benzene rings is 1. The lowest BCUT2D eigenvalue weighted by Gasteiger charge is -2.49. The molecule has 1 spiro atoms. The van der Waals surface area contributed by atoms with Crippen molar-refractivity contribution in [1.82, 2.24) is 0 Å². The first-order valence-electron chi connectivity index (χ1n) is 9.64. The van der Waals surface area contributed by atoms with Gasteiger partial charge in [-0.05, 0) is 62.8 Å². The molecule has 0 N–H and O–H groups in total. The summed E-state index contributed by atoms with van der Waals surface area (Å²) in [6.07, 6.45) is 1.78. The van der Waals surface area contributed by atoms with Crippen LogP contribution < -0.4 is 0 Å². The summed E-state index contributed by atoms with van der Waals surface area (Å²) in [5.41, 5.74) is 4.93. The number of fused-ring (bicyclic) bond motifs is 2. The Bertz CT molecular complexity index is 848. The fourth-order valence-electron chi connectivity index (χ4n) is 5.05. The highest BCUT2D eigenvalue weighted by atomic mass is 16.6. The zero-order valence-electron chi connectivity index (χ0n) is 16.8. The van der Waals surface area contributed by atoms with Crippen molar-refractivity contribution in [3.63, 3.8) is 0 Å². The average Bonchev–Trinajstić information content (AvgIpc) is 2.55. The normalized spacial score (nSPS) is 24.6. The lowest BCUT2D eigenvalue weighted by molar-refractivity contribution is -0.135. The van der Waals surface area contributed by atoms with Gasteiger partial charge in [0.2, 0.25) is 0 Å². The van der Waals surface area contributed by atoms with Crippen LogP contribution in [0.4, 0.5) is 0 Å². The van der Waals surface area contributed by atoms with E-state index in [4.69, 9.17) is 4.84 Å². The smallest absolute Gasteiger partial charge is 0.160 e. The quantitative estimate of drug-likeness (QED) is 0.344. The highest BCUT2D eigenvalue weighted by molar-refractivity contribution is 6.23. The SMILES string of the molecule is CCO/N=C(/CC)C1C(=O)CC2(CC1=O)Cc1c(C(C)=O)c(C)cc(C)c12. The van der Waals surface area contributed by atoms with E-state index in [1.165, 1.54) is 0 Å². The third-order valence-electron chi connectivity index (χ3n) is 5.90. The molecule has 27 heavy (non-hydrogen) atoms. The van der Waals surface area contributed by atoms with E-state index in [0.717, 1.165) is 27.8 Å². The summed E-state index contributed by atoms with van der Waals surface area (Å²) in [6, 6.07) is 2.01. The van der Waals surface area contributed by atoms with Gasteiger partial charge in [0.1, 0.15) is 24.1 Å². The molecule has 0 aliphatic heterocycles. The van der Waals surface area contributed by atoms with Crippen molar-refractivity contribution in [2.45, 2.75) is 65.7 Å². The van der Waals surface area contributed by atoms with Gasteiger partial charge in [-0.1, -0.05) is 18.1 Å². The van der Waals surface area contributed by atoms with Gasteiger partial charge in [0.15, 0.2) is 5.78 Å². The van der Waals surface area contributed by atoms with E-state index in [1.54, 1.807) is 6.92 Å². The zero-order chi connectivity index (χ0) is 19.9. The number of Topliss-reactive ketones (excluding diaryl/α,β-unsaturated/α-hetero) is 3. The van der Waals surface area contributed by atoms with Gasteiger partial charge in [-0.15, -0.1) is 0 Å². The third-order valence-corrected chi connectivity index (χ3v) is 5.90. The summed E-state index contributed by atoms with van der Waals surface area (Å²) >= 11 is 0. The van der Waals surface area contributed by atoms with Gasteiger partial charge in [-0.25, -0.2) is 0 Å². The summed E-state index contributed by atoms with van der Waals surface area (Å²) in [5.74, 6) is -0.903. The molecule has 0 saturated heterocycles. The highest BCUT2D eigenvalue weighted by Gasteiger charge is 2.54. The molecule has 0 bridgehead atoms. The number of nitrogens with zero attached hydrogens (tertiary/aromatic N) is 1. The van der Waals surface area contributed by atoms with E-state index in [-0.39, 0.29) is 17.3 Å². The Morgan fingerprint density at radius 1 is 1.15 bits per heavy atom. The fraction of sp³-hybridized carbons (Fsp3) is 0.545. The first kappa shape index (κ1) is 19.5. The Labute approximate surface area is 160 Å². The molecular weight excluding hydrogens is 342 g/mol. The number of oxime groups is 1. The van der Waals surface area contributed by atoms with Crippen LogP contribution in [0, 0.1) is 19.8 Å². The number of carbonyl (C=O) groups is 3. The van der Waals surface area contributed by atoms with Gasteiger partial charge in [0.25, 0.3) is 0 Å². The van der Waals surface area contributed by atoms with Crippen molar-refractivity contribution in [1.29, 1.82) is 0 Å². The lowest BCUT2D eigenvalue weighted by atomic mass is 9.52. The minimum atomic E-state index is -0.783. The Morgan fingerprint density at radius 3 is 2.30 bits per heavy atom. The van der Waals surface area contributed by atoms with Gasteiger partial charge in [0, 0.05) is 23.8 Å². The Kier molecular flexibility index (Phi) is 5.06. The Balaban J connectivity index is 1.98. The molecule has 3 rings (SSSR count). The lowest BCUT2D eigenvalue weighted by Crippen LogP contribution is -2.52. The molecule has 2 aliphatic carbocycles. The van der Waals surface area contributed by atoms with Gasteiger partial charge in [0.05, 0.1) is 5.71 Å². The first-order valence-corrected chi connectivity index (χ1v) is 9.64. The maximum Gasteiger partial charge on any atom is 0.160 e. The van der Waals surface area contributed by atoms with Crippen molar-refractivity contribution < 1.29 is 19.2 Å². The van der Waals surface area contributed by atoms with Gasteiger partial charge in [-0.2, -0.15) is 0 Å². The molecule has 144 valence electrons. The van der Waals surface area contributed by atoms with Crippen LogP contribution in [0.15, 0.2) is 11.2 Å². The van der Waals surface area contributed by atoms with E-state index < -0.39 is 11.3 Å². The maximum absolute atomic E-state index is 13.0. The minimum Gasteiger partial charge on any atom is -0.396 e.